The first-order valence-electron chi connectivity index (χ1n) is 8.28. The molecule has 1 amide bonds. The van der Waals surface area contributed by atoms with Crippen LogP contribution in [0.4, 0.5) is 8.78 Å². The van der Waals surface area contributed by atoms with Crippen molar-refractivity contribution in [2.24, 2.45) is 0 Å². The molecule has 1 saturated heterocycles. The van der Waals surface area contributed by atoms with Crippen LogP contribution in [0.5, 0.6) is 5.75 Å². The van der Waals surface area contributed by atoms with Gasteiger partial charge in [-0.1, -0.05) is 11.6 Å². The van der Waals surface area contributed by atoms with E-state index in [-0.39, 0.29) is 24.2 Å². The molecule has 138 valence electrons. The van der Waals surface area contributed by atoms with Gasteiger partial charge in [0.25, 0.3) is 5.91 Å². The number of hydrogen-bond acceptors (Lipinski definition) is 3. The van der Waals surface area contributed by atoms with Crippen molar-refractivity contribution in [3.63, 3.8) is 0 Å². The summed E-state index contributed by atoms with van der Waals surface area (Å²) in [6, 6.07) is 7.92. The summed E-state index contributed by atoms with van der Waals surface area (Å²) in [4.78, 5) is 11.9. The highest BCUT2D eigenvalue weighted by molar-refractivity contribution is 6.31. The molecule has 0 bridgehead atoms. The van der Waals surface area contributed by atoms with Crippen LogP contribution >= 0.6 is 11.6 Å². The molecule has 3 rings (SSSR count). The van der Waals surface area contributed by atoms with Crippen LogP contribution in [0.2, 0.25) is 5.02 Å². The summed E-state index contributed by atoms with van der Waals surface area (Å²) in [6.45, 7) is 0.977. The zero-order chi connectivity index (χ0) is 18.5. The largest absolute Gasteiger partial charge is 0.484 e. The molecular formula is C19H18ClF2NO3. The Balaban J connectivity index is 1.63. The second-order valence-corrected chi connectivity index (χ2v) is 6.46. The molecule has 1 aliphatic heterocycles. The zero-order valence-corrected chi connectivity index (χ0v) is 14.7. The third kappa shape index (κ3) is 4.93. The summed E-state index contributed by atoms with van der Waals surface area (Å²) in [5.41, 5.74) is 0.631. The van der Waals surface area contributed by atoms with Crippen LogP contribution in [0.15, 0.2) is 36.4 Å². The average Bonchev–Trinajstić information content (AvgIpc) is 3.11. The quantitative estimate of drug-likeness (QED) is 0.824. The van der Waals surface area contributed by atoms with Crippen LogP contribution < -0.4 is 10.1 Å². The number of hydrogen-bond donors (Lipinski definition) is 1. The van der Waals surface area contributed by atoms with Crippen molar-refractivity contribution in [3.05, 3.63) is 53.1 Å². The molecule has 1 atom stereocenters. The molecule has 0 saturated carbocycles. The molecule has 2 aromatic rings. The molecule has 1 aliphatic rings. The van der Waals surface area contributed by atoms with Crippen LogP contribution in [-0.4, -0.2) is 31.8 Å². The Kier molecular flexibility index (Phi) is 6.06. The molecular weight excluding hydrogens is 364 g/mol. The smallest absolute Gasteiger partial charge is 0.258 e. The second kappa shape index (κ2) is 8.47. The lowest BCUT2D eigenvalue weighted by Gasteiger charge is -2.12. The molecule has 7 heteroatoms. The van der Waals surface area contributed by atoms with Gasteiger partial charge in [0.05, 0.1) is 6.10 Å². The Morgan fingerprint density at radius 2 is 2.12 bits per heavy atom. The van der Waals surface area contributed by atoms with Crippen LogP contribution in [0.25, 0.3) is 11.1 Å². The summed E-state index contributed by atoms with van der Waals surface area (Å²) in [5, 5.41) is 3.07. The highest BCUT2D eigenvalue weighted by atomic mass is 35.5. The van der Waals surface area contributed by atoms with Gasteiger partial charge in [-0.2, -0.15) is 0 Å². The SMILES string of the molecule is O=C(COc1cc(Cl)cc(-c2ccc(F)cc2F)c1)NCC1CCCO1. The van der Waals surface area contributed by atoms with E-state index >= 15 is 0 Å². The van der Waals surface area contributed by atoms with Gasteiger partial charge in [0.15, 0.2) is 6.61 Å². The van der Waals surface area contributed by atoms with Crippen molar-refractivity contribution in [3.8, 4) is 16.9 Å². The number of amides is 1. The Labute approximate surface area is 155 Å². The Hall–Kier alpha value is -2.18. The Bertz CT molecular complexity index is 794. The predicted octanol–water partition coefficient (Wildman–Crippen LogP) is 3.96. The maximum atomic E-state index is 14.0. The minimum atomic E-state index is -0.701. The number of nitrogens with one attached hydrogen (secondary N) is 1. The molecule has 0 spiro atoms. The highest BCUT2D eigenvalue weighted by Gasteiger charge is 2.16. The number of benzene rings is 2. The predicted molar refractivity (Wildman–Crippen MR) is 94.3 cm³/mol. The Morgan fingerprint density at radius 1 is 1.27 bits per heavy atom. The number of carbonyl (C=O) groups excluding carboxylic acids is 1. The van der Waals surface area contributed by atoms with Crippen LogP contribution in [0.1, 0.15) is 12.8 Å². The van der Waals surface area contributed by atoms with E-state index in [2.05, 4.69) is 5.32 Å². The second-order valence-electron chi connectivity index (χ2n) is 6.03. The zero-order valence-electron chi connectivity index (χ0n) is 13.9. The molecule has 1 unspecified atom stereocenters. The number of ether oxygens (including phenoxy) is 2. The fraction of sp³-hybridized carbons (Fsp3) is 0.316. The minimum Gasteiger partial charge on any atom is -0.484 e. The van der Waals surface area contributed by atoms with Gasteiger partial charge in [0.1, 0.15) is 17.4 Å². The first-order valence-corrected chi connectivity index (χ1v) is 8.66. The fourth-order valence-electron chi connectivity index (χ4n) is 2.76. The summed E-state index contributed by atoms with van der Waals surface area (Å²) in [6.07, 6.45) is 1.99. The lowest BCUT2D eigenvalue weighted by Crippen LogP contribution is -2.35. The van der Waals surface area contributed by atoms with Crippen LogP contribution in [-0.2, 0) is 9.53 Å². The van der Waals surface area contributed by atoms with Gasteiger partial charge in [-0.05, 0) is 48.7 Å². The molecule has 2 aromatic carbocycles. The lowest BCUT2D eigenvalue weighted by molar-refractivity contribution is -0.123. The van der Waals surface area contributed by atoms with E-state index in [1.165, 1.54) is 18.2 Å². The summed E-state index contributed by atoms with van der Waals surface area (Å²) in [7, 11) is 0. The van der Waals surface area contributed by atoms with Crippen molar-refractivity contribution in [2.75, 3.05) is 19.8 Å². The molecule has 26 heavy (non-hydrogen) atoms. The summed E-state index contributed by atoms with van der Waals surface area (Å²) in [5.74, 6) is -1.32. The van der Waals surface area contributed by atoms with Crippen molar-refractivity contribution in [1.82, 2.24) is 5.32 Å². The maximum absolute atomic E-state index is 14.0. The molecule has 0 radical (unpaired) electrons. The minimum absolute atomic E-state index is 0.0539. The van der Waals surface area contributed by atoms with Gasteiger partial charge in [0.2, 0.25) is 0 Å². The molecule has 1 fully saturated rings. The van der Waals surface area contributed by atoms with Crippen molar-refractivity contribution in [1.29, 1.82) is 0 Å². The average molecular weight is 382 g/mol. The van der Waals surface area contributed by atoms with E-state index < -0.39 is 11.6 Å². The number of carbonyl (C=O) groups is 1. The molecule has 4 nitrogen and oxygen atoms in total. The van der Waals surface area contributed by atoms with Crippen molar-refractivity contribution >= 4 is 17.5 Å². The van der Waals surface area contributed by atoms with E-state index in [0.717, 1.165) is 25.5 Å². The van der Waals surface area contributed by atoms with Crippen LogP contribution in [0.3, 0.4) is 0 Å². The van der Waals surface area contributed by atoms with Gasteiger partial charge in [-0.3, -0.25) is 4.79 Å². The van der Waals surface area contributed by atoms with Gasteiger partial charge < -0.3 is 14.8 Å². The van der Waals surface area contributed by atoms with Crippen molar-refractivity contribution < 1.29 is 23.0 Å². The van der Waals surface area contributed by atoms with E-state index in [9.17, 15) is 13.6 Å². The van der Waals surface area contributed by atoms with E-state index in [1.807, 2.05) is 0 Å². The number of halogens is 3. The molecule has 1 N–H and O–H groups in total. The van der Waals surface area contributed by atoms with Crippen LogP contribution in [0, 0.1) is 11.6 Å². The topological polar surface area (TPSA) is 47.6 Å². The molecule has 1 heterocycles. The van der Waals surface area contributed by atoms with Gasteiger partial charge in [-0.15, -0.1) is 0 Å². The summed E-state index contributed by atoms with van der Waals surface area (Å²) >= 11 is 6.05. The van der Waals surface area contributed by atoms with E-state index in [4.69, 9.17) is 21.1 Å². The summed E-state index contributed by atoms with van der Waals surface area (Å²) < 4.78 is 37.9. The van der Waals surface area contributed by atoms with Gasteiger partial charge in [-0.25, -0.2) is 8.78 Å². The third-order valence-electron chi connectivity index (χ3n) is 4.03. The highest BCUT2D eigenvalue weighted by Crippen LogP contribution is 2.30. The third-order valence-corrected chi connectivity index (χ3v) is 4.25. The first-order chi connectivity index (χ1) is 12.5. The standard InChI is InChI=1S/C19H18ClF2NO3/c20-13-6-12(17-4-3-14(21)9-18(17)22)7-16(8-13)26-11-19(24)23-10-15-2-1-5-25-15/h3-4,6-9,15H,1-2,5,10-11H2,(H,23,24). The lowest BCUT2D eigenvalue weighted by atomic mass is 10.0. The molecule has 0 aliphatic carbocycles. The van der Waals surface area contributed by atoms with Gasteiger partial charge in [0, 0.05) is 29.8 Å². The number of rotatable bonds is 6. The molecule has 0 aromatic heterocycles. The van der Waals surface area contributed by atoms with Gasteiger partial charge >= 0.3 is 0 Å². The first kappa shape index (κ1) is 18.6. The Morgan fingerprint density at radius 3 is 2.85 bits per heavy atom. The van der Waals surface area contributed by atoms with Crippen molar-refractivity contribution in [2.45, 2.75) is 18.9 Å². The maximum Gasteiger partial charge on any atom is 0.258 e. The van der Waals surface area contributed by atoms with E-state index in [0.29, 0.717) is 22.9 Å². The monoisotopic (exact) mass is 381 g/mol. The fourth-order valence-corrected chi connectivity index (χ4v) is 2.98. The normalized spacial score (nSPS) is 16.5. The van der Waals surface area contributed by atoms with E-state index in [1.54, 1.807) is 12.1 Å².